The van der Waals surface area contributed by atoms with Crippen molar-refractivity contribution in [3.8, 4) is 5.75 Å². The van der Waals surface area contributed by atoms with Crippen molar-refractivity contribution in [2.75, 3.05) is 13.3 Å². The largest absolute Gasteiger partial charge is 0.491 e. The molecule has 0 saturated heterocycles. The van der Waals surface area contributed by atoms with Crippen molar-refractivity contribution in [2.24, 2.45) is 23.7 Å². The summed E-state index contributed by atoms with van der Waals surface area (Å²) in [5.41, 5.74) is 0. The fourth-order valence-corrected chi connectivity index (χ4v) is 7.56. The minimum Gasteiger partial charge on any atom is -0.491 e. The standard InChI is InChI=1S/C24H38F2OSi/c1-2-3-18-4-8-20(9-5-18)21-10-6-19(7-11-21)17-28-24-13-12-22(16-23(24)26)27-15-14-25/h12-13,16,18-21H,2-11,14-15,17,28H2,1H3/t18-,19-,20-,21-. The van der Waals surface area contributed by atoms with E-state index in [1.165, 1.54) is 76.3 Å². The van der Waals surface area contributed by atoms with Gasteiger partial charge >= 0.3 is 0 Å². The fourth-order valence-electron chi connectivity index (χ4n) is 5.64. The summed E-state index contributed by atoms with van der Waals surface area (Å²) in [7, 11) is -0.578. The van der Waals surface area contributed by atoms with Gasteiger partial charge in [-0.1, -0.05) is 57.6 Å². The Morgan fingerprint density at radius 1 is 0.964 bits per heavy atom. The quantitative estimate of drug-likeness (QED) is 0.469. The summed E-state index contributed by atoms with van der Waals surface area (Å²) in [6, 6.07) is 6.32. The Hall–Kier alpha value is -0.903. The van der Waals surface area contributed by atoms with Gasteiger partial charge in [0.1, 0.15) is 24.8 Å². The number of alkyl halides is 1. The highest BCUT2D eigenvalue weighted by molar-refractivity contribution is 6.53. The number of benzene rings is 1. The van der Waals surface area contributed by atoms with E-state index in [-0.39, 0.29) is 12.4 Å². The average molecular weight is 409 g/mol. The van der Waals surface area contributed by atoms with Crippen molar-refractivity contribution in [2.45, 2.75) is 77.2 Å². The smallest absolute Gasteiger partial charge is 0.125 e. The summed E-state index contributed by atoms with van der Waals surface area (Å²) in [5.74, 6) is 4.06. The fraction of sp³-hybridized carbons (Fsp3) is 0.750. The van der Waals surface area contributed by atoms with Crippen LogP contribution in [-0.2, 0) is 0 Å². The van der Waals surface area contributed by atoms with Gasteiger partial charge in [0.2, 0.25) is 0 Å². The van der Waals surface area contributed by atoms with Gasteiger partial charge in [-0.05, 0) is 60.6 Å². The summed E-state index contributed by atoms with van der Waals surface area (Å²) in [4.78, 5) is 0. The van der Waals surface area contributed by atoms with Crippen molar-refractivity contribution >= 4 is 14.7 Å². The summed E-state index contributed by atoms with van der Waals surface area (Å²) in [6.45, 7) is 1.78. The molecule has 0 amide bonds. The van der Waals surface area contributed by atoms with Crippen molar-refractivity contribution in [1.29, 1.82) is 0 Å². The molecule has 0 aromatic heterocycles. The number of rotatable bonds is 9. The average Bonchev–Trinajstić information content (AvgIpc) is 2.73. The lowest BCUT2D eigenvalue weighted by Gasteiger charge is -2.38. The topological polar surface area (TPSA) is 9.23 Å². The van der Waals surface area contributed by atoms with Crippen LogP contribution < -0.4 is 9.92 Å². The Labute approximate surface area is 172 Å². The Morgan fingerprint density at radius 2 is 1.61 bits per heavy atom. The van der Waals surface area contributed by atoms with Gasteiger partial charge in [-0.3, -0.25) is 0 Å². The molecule has 2 fully saturated rings. The van der Waals surface area contributed by atoms with Crippen molar-refractivity contribution in [3.63, 3.8) is 0 Å². The Kier molecular flexibility index (Phi) is 8.82. The van der Waals surface area contributed by atoms with E-state index < -0.39 is 16.2 Å². The molecule has 2 aliphatic rings. The molecule has 158 valence electrons. The normalized spacial score (nSPS) is 28.7. The molecule has 2 saturated carbocycles. The van der Waals surface area contributed by atoms with Crippen molar-refractivity contribution < 1.29 is 13.5 Å². The molecular formula is C24H38F2OSi. The van der Waals surface area contributed by atoms with Gasteiger partial charge in [0.15, 0.2) is 0 Å². The lowest BCUT2D eigenvalue weighted by molar-refractivity contribution is 0.147. The molecule has 3 rings (SSSR count). The van der Waals surface area contributed by atoms with Gasteiger partial charge in [-0.25, -0.2) is 8.78 Å². The van der Waals surface area contributed by atoms with Crippen LogP contribution in [0.3, 0.4) is 0 Å². The van der Waals surface area contributed by atoms with Crippen LogP contribution in [0, 0.1) is 29.5 Å². The van der Waals surface area contributed by atoms with E-state index in [4.69, 9.17) is 4.74 Å². The summed E-state index contributed by atoms with van der Waals surface area (Å²) in [6.07, 6.45) is 14.2. The molecule has 0 N–H and O–H groups in total. The molecule has 1 aromatic carbocycles. The van der Waals surface area contributed by atoms with Crippen LogP contribution in [0.1, 0.15) is 71.1 Å². The van der Waals surface area contributed by atoms with E-state index in [0.717, 1.165) is 28.9 Å². The molecule has 28 heavy (non-hydrogen) atoms. The Bertz CT molecular complexity index is 578. The van der Waals surface area contributed by atoms with E-state index in [1.54, 1.807) is 6.07 Å². The number of hydrogen-bond acceptors (Lipinski definition) is 1. The lowest BCUT2D eigenvalue weighted by Crippen LogP contribution is -2.27. The first-order valence-electron chi connectivity index (χ1n) is 11.7. The van der Waals surface area contributed by atoms with Gasteiger partial charge in [-0.2, -0.15) is 0 Å². The number of hydrogen-bond donors (Lipinski definition) is 0. The predicted octanol–water partition coefficient (Wildman–Crippen LogP) is 5.80. The van der Waals surface area contributed by atoms with Crippen LogP contribution >= 0.6 is 0 Å². The second-order valence-electron chi connectivity index (χ2n) is 9.18. The molecule has 4 heteroatoms. The minimum absolute atomic E-state index is 0.000288. The first-order chi connectivity index (χ1) is 13.7. The van der Waals surface area contributed by atoms with Gasteiger partial charge < -0.3 is 4.74 Å². The molecule has 0 spiro atoms. The van der Waals surface area contributed by atoms with Gasteiger partial charge in [0.25, 0.3) is 0 Å². The Balaban J connectivity index is 1.38. The molecule has 1 nitrogen and oxygen atoms in total. The summed E-state index contributed by atoms with van der Waals surface area (Å²) >= 11 is 0. The third-order valence-corrected chi connectivity index (χ3v) is 9.56. The van der Waals surface area contributed by atoms with Crippen LogP contribution in [0.25, 0.3) is 0 Å². The van der Waals surface area contributed by atoms with Crippen LogP contribution in [0.15, 0.2) is 18.2 Å². The van der Waals surface area contributed by atoms with E-state index in [2.05, 4.69) is 6.92 Å². The zero-order valence-electron chi connectivity index (χ0n) is 17.6. The van der Waals surface area contributed by atoms with E-state index in [9.17, 15) is 8.78 Å². The first-order valence-corrected chi connectivity index (χ1v) is 13.4. The molecule has 0 aliphatic heterocycles. The van der Waals surface area contributed by atoms with Crippen LogP contribution in [0.5, 0.6) is 5.75 Å². The van der Waals surface area contributed by atoms with Gasteiger partial charge in [0, 0.05) is 6.07 Å². The number of ether oxygens (including phenoxy) is 1. The van der Waals surface area contributed by atoms with E-state index in [0.29, 0.717) is 5.75 Å². The third kappa shape index (κ3) is 6.30. The molecule has 1 aromatic rings. The molecule has 0 bridgehead atoms. The monoisotopic (exact) mass is 408 g/mol. The van der Waals surface area contributed by atoms with Gasteiger partial charge in [-0.15, -0.1) is 0 Å². The highest BCUT2D eigenvalue weighted by Crippen LogP contribution is 2.42. The van der Waals surface area contributed by atoms with Crippen LogP contribution in [0.4, 0.5) is 8.78 Å². The molecule has 0 radical (unpaired) electrons. The summed E-state index contributed by atoms with van der Waals surface area (Å²) in [5, 5.41) is 0.906. The SMILES string of the molecule is CCC[C@H]1CC[C@H]([C@H]2CC[C@H](C[SiH2]c3ccc(OCCF)cc3F)CC2)CC1. The molecular weight excluding hydrogens is 370 g/mol. The number of halogens is 2. The molecule has 0 heterocycles. The minimum atomic E-state index is -0.578. The summed E-state index contributed by atoms with van der Waals surface area (Å²) < 4.78 is 31.6. The van der Waals surface area contributed by atoms with E-state index in [1.807, 2.05) is 6.07 Å². The van der Waals surface area contributed by atoms with Crippen LogP contribution in [-0.4, -0.2) is 22.8 Å². The maximum atomic E-state index is 14.3. The van der Waals surface area contributed by atoms with E-state index >= 15 is 0 Å². The predicted molar refractivity (Wildman–Crippen MR) is 117 cm³/mol. The Morgan fingerprint density at radius 3 is 2.18 bits per heavy atom. The van der Waals surface area contributed by atoms with Gasteiger partial charge in [0.05, 0.1) is 9.52 Å². The molecule has 0 unspecified atom stereocenters. The van der Waals surface area contributed by atoms with Crippen molar-refractivity contribution in [1.82, 2.24) is 0 Å². The zero-order valence-corrected chi connectivity index (χ0v) is 19.0. The first kappa shape index (κ1) is 21.8. The second-order valence-corrected chi connectivity index (χ2v) is 11.0. The van der Waals surface area contributed by atoms with Crippen LogP contribution in [0.2, 0.25) is 6.04 Å². The lowest BCUT2D eigenvalue weighted by atomic mass is 9.69. The maximum absolute atomic E-state index is 14.3. The highest BCUT2D eigenvalue weighted by atomic mass is 28.2. The second kappa shape index (κ2) is 11.3. The molecule has 0 atom stereocenters. The maximum Gasteiger partial charge on any atom is 0.125 e. The highest BCUT2D eigenvalue weighted by Gasteiger charge is 2.30. The zero-order chi connectivity index (χ0) is 19.8. The van der Waals surface area contributed by atoms with Crippen molar-refractivity contribution in [3.05, 3.63) is 24.0 Å². The third-order valence-electron chi connectivity index (χ3n) is 7.34. The molecule has 2 aliphatic carbocycles.